The van der Waals surface area contributed by atoms with Crippen LogP contribution < -0.4 is 5.32 Å². The zero-order valence-electron chi connectivity index (χ0n) is 12.3. The summed E-state index contributed by atoms with van der Waals surface area (Å²) in [5.74, 6) is 0.0731. The van der Waals surface area contributed by atoms with Gasteiger partial charge in [0.15, 0.2) is 0 Å². The van der Waals surface area contributed by atoms with Crippen molar-refractivity contribution in [3.05, 3.63) is 65.7 Å². The van der Waals surface area contributed by atoms with Crippen molar-refractivity contribution in [2.24, 2.45) is 5.92 Å². The predicted molar refractivity (Wildman–Crippen MR) is 81.2 cm³/mol. The molecule has 112 valence electrons. The average Bonchev–Trinajstić information content (AvgIpc) is 2.48. The molecule has 1 aromatic heterocycles. The highest BCUT2D eigenvalue weighted by molar-refractivity contribution is 5.19. The minimum Gasteiger partial charge on any atom is -0.387 e. The lowest BCUT2D eigenvalue weighted by atomic mass is 9.97. The molecule has 1 heterocycles. The van der Waals surface area contributed by atoms with Crippen molar-refractivity contribution in [1.82, 2.24) is 10.3 Å². The van der Waals surface area contributed by atoms with Crippen LogP contribution in [0.3, 0.4) is 0 Å². The Morgan fingerprint density at radius 2 is 1.86 bits per heavy atom. The summed E-state index contributed by atoms with van der Waals surface area (Å²) in [6.45, 7) is 4.65. The van der Waals surface area contributed by atoms with Gasteiger partial charge >= 0.3 is 0 Å². The van der Waals surface area contributed by atoms with Gasteiger partial charge in [-0.2, -0.15) is 0 Å². The fourth-order valence-electron chi connectivity index (χ4n) is 2.34. The van der Waals surface area contributed by atoms with Gasteiger partial charge in [0.2, 0.25) is 0 Å². The summed E-state index contributed by atoms with van der Waals surface area (Å²) >= 11 is 0. The Morgan fingerprint density at radius 3 is 2.43 bits per heavy atom. The lowest BCUT2D eigenvalue weighted by molar-refractivity contribution is 0.165. The Kier molecular flexibility index (Phi) is 5.42. The Bertz CT molecular complexity index is 542. The molecule has 0 aliphatic carbocycles. The molecule has 0 bridgehead atoms. The minimum atomic E-state index is -0.663. The van der Waals surface area contributed by atoms with Crippen LogP contribution in [-0.2, 0) is 0 Å². The number of aliphatic hydroxyl groups is 1. The smallest absolute Gasteiger partial charge is 0.123 e. The van der Waals surface area contributed by atoms with Gasteiger partial charge in [-0.05, 0) is 35.2 Å². The molecular formula is C17H21FN2O. The second kappa shape index (κ2) is 7.29. The first kappa shape index (κ1) is 15.6. The monoisotopic (exact) mass is 288 g/mol. The van der Waals surface area contributed by atoms with Crippen LogP contribution in [0.1, 0.15) is 37.1 Å². The number of nitrogens with zero attached hydrogens (tertiary/aromatic N) is 1. The quantitative estimate of drug-likeness (QED) is 0.857. The average molecular weight is 288 g/mol. The van der Waals surface area contributed by atoms with Crippen molar-refractivity contribution in [3.8, 4) is 0 Å². The third kappa shape index (κ3) is 4.34. The molecule has 0 aliphatic heterocycles. The van der Waals surface area contributed by atoms with Gasteiger partial charge in [-0.1, -0.05) is 32.0 Å². The second-order valence-corrected chi connectivity index (χ2v) is 5.48. The molecule has 2 rings (SSSR count). The maximum Gasteiger partial charge on any atom is 0.123 e. The third-order valence-corrected chi connectivity index (χ3v) is 3.50. The summed E-state index contributed by atoms with van der Waals surface area (Å²) < 4.78 is 12.9. The van der Waals surface area contributed by atoms with Gasteiger partial charge in [0.05, 0.1) is 6.10 Å². The maximum atomic E-state index is 12.9. The van der Waals surface area contributed by atoms with Crippen LogP contribution in [0.4, 0.5) is 4.39 Å². The Hall–Kier alpha value is -1.78. The van der Waals surface area contributed by atoms with Gasteiger partial charge in [-0.15, -0.1) is 0 Å². The molecule has 4 heteroatoms. The molecule has 0 amide bonds. The molecule has 0 radical (unpaired) electrons. The Balaban J connectivity index is 2.00. The van der Waals surface area contributed by atoms with E-state index in [1.165, 1.54) is 12.1 Å². The van der Waals surface area contributed by atoms with Gasteiger partial charge in [-0.25, -0.2) is 4.39 Å². The predicted octanol–water partition coefficient (Wildman–Crippen LogP) is 3.24. The lowest BCUT2D eigenvalue weighted by Crippen LogP contribution is -2.30. The van der Waals surface area contributed by atoms with Crippen molar-refractivity contribution in [3.63, 3.8) is 0 Å². The number of rotatable bonds is 6. The van der Waals surface area contributed by atoms with E-state index >= 15 is 0 Å². The first-order valence-electron chi connectivity index (χ1n) is 7.14. The lowest BCUT2D eigenvalue weighted by Gasteiger charge is -2.24. The Labute approximate surface area is 124 Å². The molecule has 1 aromatic carbocycles. The van der Waals surface area contributed by atoms with Gasteiger partial charge in [0, 0.05) is 25.0 Å². The van der Waals surface area contributed by atoms with Crippen LogP contribution in [-0.4, -0.2) is 16.6 Å². The standard InChI is InChI=1S/C17H21FN2O/c1-12(2)17(14-4-3-9-19-10-14)20-11-16(21)13-5-7-15(18)8-6-13/h3-10,12,16-17,20-21H,11H2,1-2H3. The van der Waals surface area contributed by atoms with Crippen LogP contribution in [0.5, 0.6) is 0 Å². The molecule has 2 aromatic rings. The highest BCUT2D eigenvalue weighted by atomic mass is 19.1. The number of benzene rings is 1. The molecule has 21 heavy (non-hydrogen) atoms. The van der Waals surface area contributed by atoms with Crippen LogP contribution in [0.15, 0.2) is 48.8 Å². The highest BCUT2D eigenvalue weighted by Gasteiger charge is 2.17. The number of hydrogen-bond donors (Lipinski definition) is 2. The van der Waals surface area contributed by atoms with Crippen molar-refractivity contribution in [2.45, 2.75) is 26.0 Å². The van der Waals surface area contributed by atoms with E-state index in [9.17, 15) is 9.50 Å². The number of nitrogens with one attached hydrogen (secondary N) is 1. The zero-order chi connectivity index (χ0) is 15.2. The maximum absolute atomic E-state index is 12.9. The van der Waals surface area contributed by atoms with Gasteiger partial charge in [0.25, 0.3) is 0 Å². The molecule has 0 spiro atoms. The molecule has 0 saturated heterocycles. The summed E-state index contributed by atoms with van der Waals surface area (Å²) in [6, 6.07) is 9.98. The number of hydrogen-bond acceptors (Lipinski definition) is 3. The van der Waals surface area contributed by atoms with E-state index in [0.717, 1.165) is 5.56 Å². The summed E-state index contributed by atoms with van der Waals surface area (Å²) in [5.41, 5.74) is 1.80. The first-order valence-corrected chi connectivity index (χ1v) is 7.14. The summed E-state index contributed by atoms with van der Waals surface area (Å²) in [7, 11) is 0. The number of aromatic nitrogens is 1. The van der Waals surface area contributed by atoms with Crippen molar-refractivity contribution < 1.29 is 9.50 Å². The molecule has 0 fully saturated rings. The molecule has 2 N–H and O–H groups in total. The summed E-state index contributed by atoms with van der Waals surface area (Å²) in [4.78, 5) is 4.14. The fourth-order valence-corrected chi connectivity index (χ4v) is 2.34. The number of aliphatic hydroxyl groups excluding tert-OH is 1. The topological polar surface area (TPSA) is 45.1 Å². The van der Waals surface area contributed by atoms with E-state index in [-0.39, 0.29) is 11.9 Å². The van der Waals surface area contributed by atoms with E-state index < -0.39 is 6.10 Å². The van der Waals surface area contributed by atoms with E-state index in [1.807, 2.05) is 18.3 Å². The highest BCUT2D eigenvalue weighted by Crippen LogP contribution is 2.22. The minimum absolute atomic E-state index is 0.119. The van der Waals surface area contributed by atoms with Crippen LogP contribution in [0.2, 0.25) is 0 Å². The Morgan fingerprint density at radius 1 is 1.14 bits per heavy atom. The SMILES string of the molecule is CC(C)C(NCC(O)c1ccc(F)cc1)c1cccnc1. The second-order valence-electron chi connectivity index (χ2n) is 5.48. The molecule has 0 aliphatic rings. The third-order valence-electron chi connectivity index (χ3n) is 3.50. The summed E-state index contributed by atoms with van der Waals surface area (Å²) in [6.07, 6.45) is 2.92. The molecule has 2 atom stereocenters. The van der Waals surface area contributed by atoms with E-state index in [2.05, 4.69) is 24.1 Å². The van der Waals surface area contributed by atoms with Crippen molar-refractivity contribution in [2.75, 3.05) is 6.54 Å². The van der Waals surface area contributed by atoms with E-state index in [0.29, 0.717) is 18.0 Å². The van der Waals surface area contributed by atoms with Crippen LogP contribution in [0.25, 0.3) is 0 Å². The summed E-state index contributed by atoms with van der Waals surface area (Å²) in [5, 5.41) is 13.6. The first-order chi connectivity index (χ1) is 10.1. The van der Waals surface area contributed by atoms with Crippen molar-refractivity contribution in [1.29, 1.82) is 0 Å². The van der Waals surface area contributed by atoms with Crippen LogP contribution >= 0.6 is 0 Å². The van der Waals surface area contributed by atoms with Gasteiger partial charge < -0.3 is 10.4 Å². The van der Waals surface area contributed by atoms with Gasteiger partial charge in [-0.3, -0.25) is 4.98 Å². The number of halogens is 1. The molecule has 0 saturated carbocycles. The zero-order valence-corrected chi connectivity index (χ0v) is 12.3. The van der Waals surface area contributed by atoms with Gasteiger partial charge in [0.1, 0.15) is 5.82 Å². The largest absolute Gasteiger partial charge is 0.387 e. The molecule has 2 unspecified atom stereocenters. The number of pyridine rings is 1. The van der Waals surface area contributed by atoms with Crippen LogP contribution in [0, 0.1) is 11.7 Å². The molecule has 3 nitrogen and oxygen atoms in total. The van der Waals surface area contributed by atoms with E-state index in [4.69, 9.17) is 0 Å². The van der Waals surface area contributed by atoms with E-state index in [1.54, 1.807) is 18.3 Å². The van der Waals surface area contributed by atoms with Crippen molar-refractivity contribution >= 4 is 0 Å². The normalized spacial score (nSPS) is 14.1. The fraction of sp³-hybridized carbons (Fsp3) is 0.353. The molecular weight excluding hydrogens is 267 g/mol.